The van der Waals surface area contributed by atoms with Crippen molar-refractivity contribution in [2.75, 3.05) is 13.7 Å². The van der Waals surface area contributed by atoms with Crippen molar-refractivity contribution in [2.24, 2.45) is 0 Å². The van der Waals surface area contributed by atoms with Gasteiger partial charge in [0.05, 0.1) is 25.4 Å². The van der Waals surface area contributed by atoms with Gasteiger partial charge in [-0.05, 0) is 84.6 Å². The third kappa shape index (κ3) is 6.41. The molecular weight excluding hydrogens is 434 g/mol. The Kier molecular flexibility index (Phi) is 8.57. The van der Waals surface area contributed by atoms with Gasteiger partial charge in [-0.15, -0.1) is 6.58 Å². The molecule has 0 aliphatic rings. The van der Waals surface area contributed by atoms with E-state index in [1.165, 1.54) is 0 Å². The van der Waals surface area contributed by atoms with Gasteiger partial charge in [0.15, 0.2) is 11.5 Å². The first-order chi connectivity index (χ1) is 16.1. The van der Waals surface area contributed by atoms with E-state index in [-0.39, 0.29) is 0 Å². The Morgan fingerprint density at radius 1 is 1.06 bits per heavy atom. The Labute approximate surface area is 200 Å². The van der Waals surface area contributed by atoms with Gasteiger partial charge in [-0.1, -0.05) is 29.8 Å². The summed E-state index contributed by atoms with van der Waals surface area (Å²) in [4.78, 5) is 0. The normalized spacial score (nSPS) is 10.9. The van der Waals surface area contributed by atoms with E-state index >= 15 is 0 Å². The number of hydrogen-bond acceptors (Lipinski definition) is 4. The fraction of sp³-hybridized carbons (Fsp3) is 0.179. The van der Waals surface area contributed by atoms with E-state index < -0.39 is 0 Å². The lowest BCUT2D eigenvalue weighted by atomic mass is 10.0. The third-order valence-electron chi connectivity index (χ3n) is 4.95. The van der Waals surface area contributed by atoms with E-state index in [0.29, 0.717) is 41.7 Å². The molecule has 33 heavy (non-hydrogen) atoms. The Bertz CT molecular complexity index is 1160. The van der Waals surface area contributed by atoms with Crippen molar-refractivity contribution in [3.63, 3.8) is 0 Å². The fourth-order valence-electron chi connectivity index (χ4n) is 3.35. The van der Waals surface area contributed by atoms with Crippen LogP contribution in [0.4, 0.5) is 0 Å². The number of allylic oxidation sites excluding steroid dienone is 2. The number of halogens is 1. The van der Waals surface area contributed by atoms with Crippen LogP contribution in [-0.4, -0.2) is 13.7 Å². The average Bonchev–Trinajstić information content (AvgIpc) is 2.83. The fourth-order valence-corrected chi connectivity index (χ4v) is 3.48. The Morgan fingerprint density at radius 2 is 1.79 bits per heavy atom. The highest BCUT2D eigenvalue weighted by Gasteiger charge is 2.14. The number of nitrogens with zero attached hydrogens (tertiary/aromatic N) is 1. The number of nitriles is 1. The van der Waals surface area contributed by atoms with Crippen LogP contribution in [0.3, 0.4) is 0 Å². The van der Waals surface area contributed by atoms with Gasteiger partial charge in [0.25, 0.3) is 0 Å². The van der Waals surface area contributed by atoms with Gasteiger partial charge in [0.1, 0.15) is 12.4 Å². The molecule has 168 valence electrons. The Balaban J connectivity index is 1.98. The largest absolute Gasteiger partial charge is 0.497 e. The van der Waals surface area contributed by atoms with Crippen molar-refractivity contribution in [2.45, 2.75) is 20.0 Å². The van der Waals surface area contributed by atoms with Crippen molar-refractivity contribution in [3.05, 3.63) is 101 Å². The van der Waals surface area contributed by atoms with Crippen molar-refractivity contribution < 1.29 is 14.2 Å². The second-order valence-electron chi connectivity index (χ2n) is 7.25. The van der Waals surface area contributed by atoms with Gasteiger partial charge in [0.2, 0.25) is 0 Å². The molecule has 0 heterocycles. The second-order valence-corrected chi connectivity index (χ2v) is 7.68. The second kappa shape index (κ2) is 11.8. The molecule has 3 rings (SSSR count). The standard InChI is InChI=1S/C28H26ClNO3/c1-4-6-23-15-21(16-24(18-30)22-9-13-26(31-3)14-10-22)17-27(32-5-2)28(23)33-19-20-7-11-25(29)12-8-20/h4,7-17H,1,5-6,19H2,2-3H3/b24-16+. The number of ether oxygens (including phenoxy) is 3. The summed E-state index contributed by atoms with van der Waals surface area (Å²) in [6.45, 7) is 6.68. The minimum atomic E-state index is 0.381. The van der Waals surface area contributed by atoms with Gasteiger partial charge in [0, 0.05) is 10.6 Å². The number of rotatable bonds is 10. The van der Waals surface area contributed by atoms with E-state index in [1.54, 1.807) is 7.11 Å². The van der Waals surface area contributed by atoms with Crippen LogP contribution in [0.1, 0.15) is 29.2 Å². The van der Waals surface area contributed by atoms with Crippen LogP contribution in [0.2, 0.25) is 5.02 Å². The number of methoxy groups -OCH3 is 1. The zero-order chi connectivity index (χ0) is 23.6. The lowest BCUT2D eigenvalue weighted by molar-refractivity contribution is 0.267. The van der Waals surface area contributed by atoms with Gasteiger partial charge >= 0.3 is 0 Å². The molecule has 0 saturated heterocycles. The summed E-state index contributed by atoms with van der Waals surface area (Å²) in [6, 6.07) is 21.1. The lowest BCUT2D eigenvalue weighted by Gasteiger charge is -2.17. The van der Waals surface area contributed by atoms with E-state index in [1.807, 2.05) is 79.7 Å². The predicted octanol–water partition coefficient (Wildman–Crippen LogP) is 7.12. The Hall–Kier alpha value is -3.68. The summed E-state index contributed by atoms with van der Waals surface area (Å²) in [5.74, 6) is 2.04. The molecule has 0 aliphatic heterocycles. The maximum atomic E-state index is 9.77. The van der Waals surface area contributed by atoms with Crippen LogP contribution < -0.4 is 14.2 Å². The summed E-state index contributed by atoms with van der Waals surface area (Å²) >= 11 is 5.99. The van der Waals surface area contributed by atoms with Gasteiger partial charge in [-0.25, -0.2) is 0 Å². The third-order valence-corrected chi connectivity index (χ3v) is 5.20. The molecule has 4 nitrogen and oxygen atoms in total. The molecule has 0 saturated carbocycles. The van der Waals surface area contributed by atoms with Crippen LogP contribution >= 0.6 is 11.6 Å². The van der Waals surface area contributed by atoms with Crippen LogP contribution in [0.25, 0.3) is 11.6 Å². The molecule has 0 amide bonds. The number of benzene rings is 3. The molecule has 0 aliphatic carbocycles. The van der Waals surface area contributed by atoms with E-state index in [9.17, 15) is 5.26 Å². The topological polar surface area (TPSA) is 51.5 Å². The van der Waals surface area contributed by atoms with E-state index in [2.05, 4.69) is 12.6 Å². The lowest BCUT2D eigenvalue weighted by Crippen LogP contribution is -2.03. The minimum absolute atomic E-state index is 0.381. The highest BCUT2D eigenvalue weighted by atomic mass is 35.5. The molecule has 3 aromatic carbocycles. The first-order valence-electron chi connectivity index (χ1n) is 10.6. The molecule has 0 unspecified atom stereocenters. The maximum absolute atomic E-state index is 9.77. The molecule has 0 atom stereocenters. The maximum Gasteiger partial charge on any atom is 0.165 e. The van der Waals surface area contributed by atoms with Gasteiger partial charge in [-0.2, -0.15) is 5.26 Å². The van der Waals surface area contributed by atoms with E-state index in [0.717, 1.165) is 28.0 Å². The van der Waals surface area contributed by atoms with Gasteiger partial charge < -0.3 is 14.2 Å². The highest BCUT2D eigenvalue weighted by molar-refractivity contribution is 6.30. The molecule has 0 N–H and O–H groups in total. The van der Waals surface area contributed by atoms with Crippen molar-refractivity contribution in [1.29, 1.82) is 5.26 Å². The summed E-state index contributed by atoms with van der Waals surface area (Å²) in [7, 11) is 1.61. The van der Waals surface area contributed by atoms with Gasteiger partial charge in [-0.3, -0.25) is 0 Å². The molecule has 0 bridgehead atoms. The first-order valence-corrected chi connectivity index (χ1v) is 11.0. The SMILES string of the molecule is C=CCc1cc(/C=C(\C#N)c2ccc(OC)cc2)cc(OCC)c1OCc1ccc(Cl)cc1. The zero-order valence-corrected chi connectivity index (χ0v) is 19.6. The van der Waals surface area contributed by atoms with Crippen LogP contribution in [-0.2, 0) is 13.0 Å². The molecular formula is C28H26ClNO3. The van der Waals surface area contributed by atoms with Crippen molar-refractivity contribution >= 4 is 23.3 Å². The molecule has 3 aromatic rings. The number of hydrogen-bond donors (Lipinski definition) is 0. The van der Waals surface area contributed by atoms with Crippen LogP contribution in [0.15, 0.2) is 73.3 Å². The summed E-state index contributed by atoms with van der Waals surface area (Å²) in [5, 5.41) is 10.4. The first kappa shape index (κ1) is 24.0. The molecule has 0 spiro atoms. The van der Waals surface area contributed by atoms with Crippen LogP contribution in [0, 0.1) is 11.3 Å². The molecule has 0 radical (unpaired) electrons. The summed E-state index contributed by atoms with van der Waals surface area (Å²) in [6.07, 6.45) is 4.27. The van der Waals surface area contributed by atoms with Crippen molar-refractivity contribution in [1.82, 2.24) is 0 Å². The Morgan fingerprint density at radius 3 is 2.39 bits per heavy atom. The molecule has 0 aromatic heterocycles. The zero-order valence-electron chi connectivity index (χ0n) is 18.8. The van der Waals surface area contributed by atoms with E-state index in [4.69, 9.17) is 25.8 Å². The monoisotopic (exact) mass is 459 g/mol. The van der Waals surface area contributed by atoms with Crippen molar-refractivity contribution in [3.8, 4) is 23.3 Å². The summed E-state index contributed by atoms with van der Waals surface area (Å²) < 4.78 is 17.3. The average molecular weight is 460 g/mol. The molecule has 0 fully saturated rings. The minimum Gasteiger partial charge on any atom is -0.497 e. The van der Waals surface area contributed by atoms with Crippen LogP contribution in [0.5, 0.6) is 17.2 Å². The highest BCUT2D eigenvalue weighted by Crippen LogP contribution is 2.36. The smallest absolute Gasteiger partial charge is 0.165 e. The quantitative estimate of drug-likeness (QED) is 0.184. The summed E-state index contributed by atoms with van der Waals surface area (Å²) in [5.41, 5.74) is 4.13. The molecule has 5 heteroatoms. The predicted molar refractivity (Wildman–Crippen MR) is 134 cm³/mol.